The van der Waals surface area contributed by atoms with Crippen molar-refractivity contribution < 1.29 is 4.74 Å². The molecular weight excluding hydrogens is 212 g/mol. The minimum atomic E-state index is 0.785. The quantitative estimate of drug-likeness (QED) is 0.627. The lowest BCUT2D eigenvalue weighted by atomic mass is 9.98. The molecule has 0 aliphatic carbocycles. The minimum Gasteiger partial charge on any atom is -0.384 e. The Labute approximate surface area is 107 Å². The molecule has 0 aromatic heterocycles. The average Bonchev–Trinajstić information content (AvgIpc) is 2.36. The Bertz CT molecular complexity index is 164. The number of rotatable bonds is 9. The Kier molecular flexibility index (Phi) is 8.67. The zero-order chi connectivity index (χ0) is 12.3. The number of nitrogens with one attached hydrogen (secondary N) is 1. The summed E-state index contributed by atoms with van der Waals surface area (Å²) < 4.78 is 5.28. The lowest BCUT2D eigenvalue weighted by molar-refractivity contribution is 0.140. The number of unbranched alkanes of at least 4 members (excludes halogenated alkanes) is 1. The third kappa shape index (κ3) is 7.02. The first kappa shape index (κ1) is 14.9. The molecule has 1 N–H and O–H groups in total. The van der Waals surface area contributed by atoms with Crippen molar-refractivity contribution in [2.24, 2.45) is 5.92 Å². The van der Waals surface area contributed by atoms with Crippen LogP contribution in [0.4, 0.5) is 0 Å². The van der Waals surface area contributed by atoms with Gasteiger partial charge in [-0.05, 0) is 31.7 Å². The summed E-state index contributed by atoms with van der Waals surface area (Å²) in [5.41, 5.74) is 0. The van der Waals surface area contributed by atoms with Crippen LogP contribution in [0.5, 0.6) is 0 Å². The molecule has 1 aliphatic rings. The minimum absolute atomic E-state index is 0.785. The van der Waals surface area contributed by atoms with Crippen LogP contribution in [-0.2, 0) is 4.74 Å². The van der Waals surface area contributed by atoms with Gasteiger partial charge in [0.25, 0.3) is 0 Å². The topological polar surface area (TPSA) is 24.5 Å². The highest BCUT2D eigenvalue weighted by molar-refractivity contribution is 4.67. The van der Waals surface area contributed by atoms with E-state index in [4.69, 9.17) is 4.74 Å². The summed E-state index contributed by atoms with van der Waals surface area (Å²) in [7, 11) is 1.82. The van der Waals surface area contributed by atoms with Crippen LogP contribution in [0, 0.1) is 5.92 Å². The van der Waals surface area contributed by atoms with Gasteiger partial charge in [-0.15, -0.1) is 0 Å². The Hall–Kier alpha value is -0.120. The van der Waals surface area contributed by atoms with Crippen molar-refractivity contribution in [1.82, 2.24) is 10.2 Å². The molecule has 3 heteroatoms. The molecule has 102 valence electrons. The van der Waals surface area contributed by atoms with E-state index in [-0.39, 0.29) is 0 Å². The highest BCUT2D eigenvalue weighted by Crippen LogP contribution is 2.15. The molecule has 1 fully saturated rings. The van der Waals surface area contributed by atoms with Crippen LogP contribution in [0.2, 0.25) is 0 Å². The van der Waals surface area contributed by atoms with Gasteiger partial charge in [0.15, 0.2) is 0 Å². The molecule has 0 saturated carbocycles. The summed E-state index contributed by atoms with van der Waals surface area (Å²) in [6.07, 6.45) is 6.66. The third-order valence-corrected chi connectivity index (χ3v) is 3.65. The van der Waals surface area contributed by atoms with Crippen molar-refractivity contribution in [1.29, 1.82) is 0 Å². The predicted octanol–water partition coefficient (Wildman–Crippen LogP) is 2.12. The molecule has 1 saturated heterocycles. The molecule has 1 atom stereocenters. The summed E-state index contributed by atoms with van der Waals surface area (Å²) in [4.78, 5) is 2.58. The molecular formula is C14H30N2O. The predicted molar refractivity (Wildman–Crippen MR) is 73.4 cm³/mol. The largest absolute Gasteiger partial charge is 0.384 e. The van der Waals surface area contributed by atoms with Crippen molar-refractivity contribution in [3.05, 3.63) is 0 Å². The Morgan fingerprint density at radius 1 is 1.18 bits per heavy atom. The van der Waals surface area contributed by atoms with Crippen molar-refractivity contribution >= 4 is 0 Å². The van der Waals surface area contributed by atoms with Crippen molar-refractivity contribution in [3.8, 4) is 0 Å². The Morgan fingerprint density at radius 2 is 1.94 bits per heavy atom. The SMILES string of the molecule is CCC[C@@H](CCCCN1CCNCC1)COC. The fourth-order valence-corrected chi connectivity index (χ4v) is 2.66. The lowest BCUT2D eigenvalue weighted by Crippen LogP contribution is -2.43. The second-order valence-electron chi connectivity index (χ2n) is 5.20. The van der Waals surface area contributed by atoms with Crippen LogP contribution in [0.1, 0.15) is 39.0 Å². The normalized spacial score (nSPS) is 19.4. The first-order chi connectivity index (χ1) is 8.36. The van der Waals surface area contributed by atoms with E-state index in [1.54, 1.807) is 0 Å². The first-order valence-corrected chi connectivity index (χ1v) is 7.28. The second kappa shape index (κ2) is 9.86. The molecule has 0 spiro atoms. The average molecular weight is 242 g/mol. The van der Waals surface area contributed by atoms with Gasteiger partial charge in [0.1, 0.15) is 0 Å². The number of piperazine rings is 1. The van der Waals surface area contributed by atoms with E-state index in [2.05, 4.69) is 17.1 Å². The van der Waals surface area contributed by atoms with Crippen molar-refractivity contribution in [3.63, 3.8) is 0 Å². The molecule has 0 radical (unpaired) electrons. The zero-order valence-corrected chi connectivity index (χ0v) is 11.7. The van der Waals surface area contributed by atoms with Gasteiger partial charge in [0.2, 0.25) is 0 Å². The molecule has 1 rings (SSSR count). The van der Waals surface area contributed by atoms with E-state index in [1.165, 1.54) is 64.8 Å². The molecule has 0 bridgehead atoms. The van der Waals surface area contributed by atoms with Crippen LogP contribution in [-0.4, -0.2) is 51.3 Å². The number of nitrogens with zero attached hydrogens (tertiary/aromatic N) is 1. The molecule has 0 aromatic carbocycles. The standard InChI is InChI=1S/C14H30N2O/c1-3-6-14(13-17-2)7-4-5-10-16-11-8-15-9-12-16/h14-15H,3-13H2,1-2H3/t14-/m0/s1. The van der Waals surface area contributed by atoms with Gasteiger partial charge < -0.3 is 15.0 Å². The van der Waals surface area contributed by atoms with E-state index >= 15 is 0 Å². The zero-order valence-electron chi connectivity index (χ0n) is 11.7. The number of methoxy groups -OCH3 is 1. The van der Waals surface area contributed by atoms with E-state index in [0.29, 0.717) is 0 Å². The van der Waals surface area contributed by atoms with Crippen molar-refractivity contribution in [2.45, 2.75) is 39.0 Å². The van der Waals surface area contributed by atoms with Crippen LogP contribution in [0.25, 0.3) is 0 Å². The van der Waals surface area contributed by atoms with Gasteiger partial charge in [-0.25, -0.2) is 0 Å². The summed E-state index contributed by atoms with van der Waals surface area (Å²) in [5, 5.41) is 3.40. The van der Waals surface area contributed by atoms with Gasteiger partial charge in [-0.2, -0.15) is 0 Å². The van der Waals surface area contributed by atoms with E-state index in [1.807, 2.05) is 7.11 Å². The smallest absolute Gasteiger partial charge is 0.0490 e. The van der Waals surface area contributed by atoms with E-state index < -0.39 is 0 Å². The lowest BCUT2D eigenvalue weighted by Gasteiger charge is -2.27. The maximum atomic E-state index is 5.28. The van der Waals surface area contributed by atoms with Gasteiger partial charge >= 0.3 is 0 Å². The van der Waals surface area contributed by atoms with Crippen LogP contribution in [0.3, 0.4) is 0 Å². The monoisotopic (exact) mass is 242 g/mol. The van der Waals surface area contributed by atoms with E-state index in [0.717, 1.165) is 12.5 Å². The van der Waals surface area contributed by atoms with Gasteiger partial charge in [0.05, 0.1) is 0 Å². The van der Waals surface area contributed by atoms with Crippen molar-refractivity contribution in [2.75, 3.05) is 46.4 Å². The molecule has 0 unspecified atom stereocenters. The summed E-state index contributed by atoms with van der Waals surface area (Å²) in [6.45, 7) is 9.30. The second-order valence-corrected chi connectivity index (χ2v) is 5.20. The number of hydrogen-bond donors (Lipinski definition) is 1. The van der Waals surface area contributed by atoms with Gasteiger partial charge in [0, 0.05) is 39.9 Å². The third-order valence-electron chi connectivity index (χ3n) is 3.65. The molecule has 17 heavy (non-hydrogen) atoms. The first-order valence-electron chi connectivity index (χ1n) is 7.28. The number of ether oxygens (including phenoxy) is 1. The molecule has 0 aromatic rings. The summed E-state index contributed by atoms with van der Waals surface area (Å²) in [5.74, 6) is 0.785. The fourth-order valence-electron chi connectivity index (χ4n) is 2.66. The molecule has 1 heterocycles. The maximum absolute atomic E-state index is 5.28. The van der Waals surface area contributed by atoms with Crippen LogP contribution >= 0.6 is 0 Å². The Morgan fingerprint density at radius 3 is 2.59 bits per heavy atom. The summed E-state index contributed by atoms with van der Waals surface area (Å²) >= 11 is 0. The van der Waals surface area contributed by atoms with Crippen LogP contribution < -0.4 is 5.32 Å². The van der Waals surface area contributed by atoms with Crippen LogP contribution in [0.15, 0.2) is 0 Å². The molecule has 3 nitrogen and oxygen atoms in total. The highest BCUT2D eigenvalue weighted by Gasteiger charge is 2.10. The van der Waals surface area contributed by atoms with Gasteiger partial charge in [-0.3, -0.25) is 0 Å². The fraction of sp³-hybridized carbons (Fsp3) is 1.00. The van der Waals surface area contributed by atoms with Gasteiger partial charge in [-0.1, -0.05) is 19.8 Å². The highest BCUT2D eigenvalue weighted by atomic mass is 16.5. The number of hydrogen-bond acceptors (Lipinski definition) is 3. The Balaban J connectivity index is 2.00. The maximum Gasteiger partial charge on any atom is 0.0490 e. The van der Waals surface area contributed by atoms with E-state index in [9.17, 15) is 0 Å². The molecule has 0 amide bonds. The molecule has 1 aliphatic heterocycles. The summed E-state index contributed by atoms with van der Waals surface area (Å²) in [6, 6.07) is 0.